The van der Waals surface area contributed by atoms with E-state index in [-0.39, 0.29) is 5.91 Å². The number of amides is 1. The Morgan fingerprint density at radius 3 is 2.50 bits per heavy atom. The molecule has 3 heteroatoms. The predicted octanol–water partition coefficient (Wildman–Crippen LogP) is 4.04. The van der Waals surface area contributed by atoms with Crippen molar-refractivity contribution >= 4 is 21.8 Å². The van der Waals surface area contributed by atoms with Gasteiger partial charge in [-0.1, -0.05) is 47.3 Å². The molecule has 0 aromatic heterocycles. The molecule has 1 N–H and O–H groups in total. The number of carbonyl (C=O) groups is 1. The van der Waals surface area contributed by atoms with Gasteiger partial charge in [0.2, 0.25) is 5.91 Å². The second-order valence-electron chi connectivity index (χ2n) is 5.11. The molecule has 1 amide bonds. The SMILES string of the molecule is O=C(CC1CCCCC1)NCc1ccc(Br)cc1. The van der Waals surface area contributed by atoms with Crippen molar-refractivity contribution in [2.24, 2.45) is 5.92 Å². The molecule has 2 nitrogen and oxygen atoms in total. The number of rotatable bonds is 4. The highest BCUT2D eigenvalue weighted by Gasteiger charge is 2.16. The van der Waals surface area contributed by atoms with Crippen LogP contribution in [0.15, 0.2) is 28.7 Å². The van der Waals surface area contributed by atoms with Gasteiger partial charge in [-0.05, 0) is 36.5 Å². The van der Waals surface area contributed by atoms with E-state index < -0.39 is 0 Å². The van der Waals surface area contributed by atoms with Crippen molar-refractivity contribution in [2.45, 2.75) is 45.1 Å². The summed E-state index contributed by atoms with van der Waals surface area (Å²) in [4.78, 5) is 11.8. The molecule has 1 aliphatic carbocycles. The van der Waals surface area contributed by atoms with Gasteiger partial charge in [0.1, 0.15) is 0 Å². The van der Waals surface area contributed by atoms with Gasteiger partial charge in [0.15, 0.2) is 0 Å². The van der Waals surface area contributed by atoms with E-state index in [1.54, 1.807) is 0 Å². The third-order valence-corrected chi connectivity index (χ3v) is 4.13. The number of carbonyl (C=O) groups excluding carboxylic acids is 1. The lowest BCUT2D eigenvalue weighted by molar-refractivity contribution is -0.122. The minimum absolute atomic E-state index is 0.199. The van der Waals surface area contributed by atoms with Crippen LogP contribution >= 0.6 is 15.9 Å². The maximum Gasteiger partial charge on any atom is 0.220 e. The molecule has 2 rings (SSSR count). The monoisotopic (exact) mass is 309 g/mol. The Bertz CT molecular complexity index is 382. The van der Waals surface area contributed by atoms with Crippen LogP contribution in [0.25, 0.3) is 0 Å². The van der Waals surface area contributed by atoms with Crippen LogP contribution in [0.4, 0.5) is 0 Å². The molecule has 1 aromatic carbocycles. The van der Waals surface area contributed by atoms with Gasteiger partial charge in [-0.15, -0.1) is 0 Å². The third-order valence-electron chi connectivity index (χ3n) is 3.60. The molecular weight excluding hydrogens is 290 g/mol. The molecule has 0 spiro atoms. The van der Waals surface area contributed by atoms with E-state index in [4.69, 9.17) is 0 Å². The minimum atomic E-state index is 0.199. The lowest BCUT2D eigenvalue weighted by atomic mass is 9.87. The second kappa shape index (κ2) is 6.93. The summed E-state index contributed by atoms with van der Waals surface area (Å²) in [5, 5.41) is 3.01. The summed E-state index contributed by atoms with van der Waals surface area (Å²) in [7, 11) is 0. The van der Waals surface area contributed by atoms with E-state index in [2.05, 4.69) is 21.2 Å². The number of nitrogens with one attached hydrogen (secondary N) is 1. The topological polar surface area (TPSA) is 29.1 Å². The Hall–Kier alpha value is -0.830. The lowest BCUT2D eigenvalue weighted by Gasteiger charge is -2.20. The van der Waals surface area contributed by atoms with Crippen LogP contribution in [0.5, 0.6) is 0 Å². The maximum absolute atomic E-state index is 11.8. The molecule has 1 aromatic rings. The maximum atomic E-state index is 11.8. The summed E-state index contributed by atoms with van der Waals surface area (Å²) >= 11 is 3.40. The molecule has 0 aliphatic heterocycles. The Labute approximate surface area is 117 Å². The number of benzene rings is 1. The summed E-state index contributed by atoms with van der Waals surface area (Å²) in [5.41, 5.74) is 1.15. The van der Waals surface area contributed by atoms with Crippen molar-refractivity contribution in [1.29, 1.82) is 0 Å². The molecule has 0 heterocycles. The van der Waals surface area contributed by atoms with Crippen LogP contribution in [0.3, 0.4) is 0 Å². The Morgan fingerprint density at radius 1 is 1.17 bits per heavy atom. The number of halogens is 1. The normalized spacial score (nSPS) is 16.5. The minimum Gasteiger partial charge on any atom is -0.352 e. The molecule has 98 valence electrons. The first-order valence-corrected chi connectivity index (χ1v) is 7.54. The van der Waals surface area contributed by atoms with Gasteiger partial charge in [0.05, 0.1) is 0 Å². The fourth-order valence-electron chi connectivity index (χ4n) is 2.53. The van der Waals surface area contributed by atoms with Gasteiger partial charge in [0, 0.05) is 17.4 Å². The fourth-order valence-corrected chi connectivity index (χ4v) is 2.79. The zero-order valence-electron chi connectivity index (χ0n) is 10.6. The standard InChI is InChI=1S/C15H20BrNO/c16-14-8-6-13(7-9-14)11-17-15(18)10-12-4-2-1-3-5-12/h6-9,12H,1-5,10-11H2,(H,17,18). The van der Waals surface area contributed by atoms with Gasteiger partial charge in [0.25, 0.3) is 0 Å². The first-order chi connectivity index (χ1) is 8.74. The summed E-state index contributed by atoms with van der Waals surface area (Å²) < 4.78 is 1.07. The van der Waals surface area contributed by atoms with Crippen molar-refractivity contribution in [3.05, 3.63) is 34.3 Å². The average molecular weight is 310 g/mol. The molecule has 18 heavy (non-hydrogen) atoms. The zero-order valence-corrected chi connectivity index (χ0v) is 12.2. The van der Waals surface area contributed by atoms with Crippen LogP contribution in [-0.4, -0.2) is 5.91 Å². The number of hydrogen-bond donors (Lipinski definition) is 1. The third kappa shape index (κ3) is 4.45. The Balaban J connectivity index is 1.72. The Kier molecular flexibility index (Phi) is 5.24. The van der Waals surface area contributed by atoms with Crippen LogP contribution in [0.1, 0.15) is 44.1 Å². The van der Waals surface area contributed by atoms with Crippen LogP contribution < -0.4 is 5.32 Å². The van der Waals surface area contributed by atoms with Crippen LogP contribution in [-0.2, 0) is 11.3 Å². The van der Waals surface area contributed by atoms with Gasteiger partial charge in [-0.2, -0.15) is 0 Å². The van der Waals surface area contributed by atoms with E-state index in [1.165, 1.54) is 32.1 Å². The van der Waals surface area contributed by atoms with Crippen molar-refractivity contribution in [3.8, 4) is 0 Å². The van der Waals surface area contributed by atoms with Crippen molar-refractivity contribution < 1.29 is 4.79 Å². The van der Waals surface area contributed by atoms with E-state index in [9.17, 15) is 4.79 Å². The molecule has 0 bridgehead atoms. The van der Waals surface area contributed by atoms with E-state index in [1.807, 2.05) is 24.3 Å². The average Bonchev–Trinajstić information content (AvgIpc) is 2.39. The highest BCUT2D eigenvalue weighted by Crippen LogP contribution is 2.26. The fraction of sp³-hybridized carbons (Fsp3) is 0.533. The predicted molar refractivity (Wildman–Crippen MR) is 77.2 cm³/mol. The Morgan fingerprint density at radius 2 is 1.83 bits per heavy atom. The van der Waals surface area contributed by atoms with Crippen molar-refractivity contribution in [1.82, 2.24) is 5.32 Å². The summed E-state index contributed by atoms with van der Waals surface area (Å²) in [6.07, 6.45) is 7.10. The van der Waals surface area contributed by atoms with E-state index in [0.717, 1.165) is 10.0 Å². The van der Waals surface area contributed by atoms with Gasteiger partial charge >= 0.3 is 0 Å². The molecule has 1 fully saturated rings. The van der Waals surface area contributed by atoms with E-state index >= 15 is 0 Å². The highest BCUT2D eigenvalue weighted by atomic mass is 79.9. The zero-order chi connectivity index (χ0) is 12.8. The number of hydrogen-bond acceptors (Lipinski definition) is 1. The molecule has 0 radical (unpaired) electrons. The van der Waals surface area contributed by atoms with E-state index in [0.29, 0.717) is 18.9 Å². The van der Waals surface area contributed by atoms with Gasteiger partial charge in [-0.3, -0.25) is 4.79 Å². The largest absolute Gasteiger partial charge is 0.352 e. The molecule has 1 aliphatic rings. The first-order valence-electron chi connectivity index (χ1n) is 6.75. The van der Waals surface area contributed by atoms with Crippen LogP contribution in [0.2, 0.25) is 0 Å². The molecule has 0 saturated heterocycles. The molecule has 0 atom stereocenters. The molecule has 0 unspecified atom stereocenters. The van der Waals surface area contributed by atoms with Crippen LogP contribution in [0, 0.1) is 5.92 Å². The first kappa shape index (κ1) is 13.6. The molecule has 1 saturated carbocycles. The summed E-state index contributed by atoms with van der Waals surface area (Å²) in [5.74, 6) is 0.813. The van der Waals surface area contributed by atoms with Crippen molar-refractivity contribution in [2.75, 3.05) is 0 Å². The smallest absolute Gasteiger partial charge is 0.220 e. The second-order valence-corrected chi connectivity index (χ2v) is 6.03. The van der Waals surface area contributed by atoms with Gasteiger partial charge < -0.3 is 5.32 Å². The molecular formula is C15H20BrNO. The van der Waals surface area contributed by atoms with Gasteiger partial charge in [-0.25, -0.2) is 0 Å². The van der Waals surface area contributed by atoms with Crippen molar-refractivity contribution in [3.63, 3.8) is 0 Å². The summed E-state index contributed by atoms with van der Waals surface area (Å²) in [6.45, 7) is 0.638. The lowest BCUT2D eigenvalue weighted by Crippen LogP contribution is -2.25. The highest BCUT2D eigenvalue weighted by molar-refractivity contribution is 9.10. The summed E-state index contributed by atoms with van der Waals surface area (Å²) in [6, 6.07) is 8.07. The quantitative estimate of drug-likeness (QED) is 0.893.